The summed E-state index contributed by atoms with van der Waals surface area (Å²) in [7, 11) is 0. The molecule has 0 aromatic heterocycles. The van der Waals surface area contributed by atoms with Gasteiger partial charge < -0.3 is 15.3 Å². The van der Waals surface area contributed by atoms with Gasteiger partial charge in [0, 0.05) is 29.3 Å². The molecule has 3 nitrogen and oxygen atoms in total. The summed E-state index contributed by atoms with van der Waals surface area (Å²) >= 11 is 6.38. The van der Waals surface area contributed by atoms with Gasteiger partial charge >= 0.3 is 0 Å². The molecule has 19 heavy (non-hydrogen) atoms. The van der Waals surface area contributed by atoms with Crippen molar-refractivity contribution in [1.29, 1.82) is 0 Å². The minimum absolute atomic E-state index is 0.144. The lowest BCUT2D eigenvalue weighted by Crippen LogP contribution is -2.33. The summed E-state index contributed by atoms with van der Waals surface area (Å²) in [4.78, 5) is 2.15. The highest BCUT2D eigenvalue weighted by molar-refractivity contribution is 6.31. The van der Waals surface area contributed by atoms with Crippen molar-refractivity contribution in [2.45, 2.75) is 39.8 Å². The molecule has 1 aromatic rings. The Bertz CT molecular complexity index is 396. The highest BCUT2D eigenvalue weighted by Gasteiger charge is 2.14. The van der Waals surface area contributed by atoms with Crippen molar-refractivity contribution in [3.05, 3.63) is 28.8 Å². The van der Waals surface area contributed by atoms with Gasteiger partial charge in [0.15, 0.2) is 0 Å². The van der Waals surface area contributed by atoms with Crippen LogP contribution < -0.4 is 10.2 Å². The minimum atomic E-state index is 0.144. The van der Waals surface area contributed by atoms with E-state index in [-0.39, 0.29) is 12.6 Å². The number of aliphatic hydroxyl groups is 1. The van der Waals surface area contributed by atoms with Crippen molar-refractivity contribution < 1.29 is 5.11 Å². The van der Waals surface area contributed by atoms with E-state index in [9.17, 15) is 0 Å². The lowest BCUT2D eigenvalue weighted by atomic mass is 10.1. The third kappa shape index (κ3) is 4.37. The zero-order chi connectivity index (χ0) is 14.4. The van der Waals surface area contributed by atoms with Crippen molar-refractivity contribution in [3.8, 4) is 0 Å². The number of halogens is 1. The summed E-state index contributed by atoms with van der Waals surface area (Å²) in [5.74, 6) is 0. The zero-order valence-corrected chi connectivity index (χ0v) is 13.0. The first kappa shape index (κ1) is 16.3. The second kappa shape index (κ2) is 7.73. The van der Waals surface area contributed by atoms with E-state index in [1.165, 1.54) is 0 Å². The maximum absolute atomic E-state index is 9.14. The van der Waals surface area contributed by atoms with E-state index in [2.05, 4.69) is 50.0 Å². The second-order valence-corrected chi connectivity index (χ2v) is 5.40. The molecule has 0 amide bonds. The molecule has 2 N–H and O–H groups in total. The molecule has 1 atom stereocenters. The van der Waals surface area contributed by atoms with E-state index in [1.54, 1.807) is 0 Å². The van der Waals surface area contributed by atoms with Gasteiger partial charge in [0.2, 0.25) is 0 Å². The van der Waals surface area contributed by atoms with Crippen molar-refractivity contribution in [2.24, 2.45) is 0 Å². The Morgan fingerprint density at radius 3 is 2.47 bits per heavy atom. The smallest absolute Gasteiger partial charge is 0.0606 e. The number of benzene rings is 1. The van der Waals surface area contributed by atoms with Crippen LogP contribution >= 0.6 is 11.6 Å². The topological polar surface area (TPSA) is 35.5 Å². The molecular weight excluding hydrogens is 260 g/mol. The first-order chi connectivity index (χ1) is 9.01. The van der Waals surface area contributed by atoms with Gasteiger partial charge in [0.25, 0.3) is 0 Å². The fraction of sp³-hybridized carbons (Fsp3) is 0.600. The number of aliphatic hydroxyl groups excluding tert-OH is 1. The number of nitrogens with zero attached hydrogens (tertiary/aromatic N) is 1. The molecule has 0 aliphatic rings. The molecule has 4 heteroatoms. The van der Waals surface area contributed by atoms with E-state index >= 15 is 0 Å². The second-order valence-electron chi connectivity index (χ2n) is 5.00. The largest absolute Gasteiger partial charge is 0.395 e. The van der Waals surface area contributed by atoms with E-state index in [0.717, 1.165) is 22.8 Å². The van der Waals surface area contributed by atoms with Crippen LogP contribution in [0.2, 0.25) is 5.02 Å². The van der Waals surface area contributed by atoms with Gasteiger partial charge in [0.1, 0.15) is 0 Å². The van der Waals surface area contributed by atoms with Gasteiger partial charge in [-0.3, -0.25) is 0 Å². The molecule has 1 unspecified atom stereocenters. The number of hydrogen-bond donors (Lipinski definition) is 2. The third-order valence-electron chi connectivity index (χ3n) is 3.26. The van der Waals surface area contributed by atoms with E-state index in [0.29, 0.717) is 12.6 Å². The molecule has 0 heterocycles. The summed E-state index contributed by atoms with van der Waals surface area (Å²) in [5, 5.41) is 13.3. The maximum Gasteiger partial charge on any atom is 0.0606 e. The first-order valence-electron chi connectivity index (χ1n) is 6.91. The highest BCUT2D eigenvalue weighted by atomic mass is 35.5. The summed E-state index contributed by atoms with van der Waals surface area (Å²) in [6.07, 6.45) is 0. The summed E-state index contributed by atoms with van der Waals surface area (Å²) in [6, 6.07) is 6.71. The monoisotopic (exact) mass is 284 g/mol. The van der Waals surface area contributed by atoms with E-state index in [4.69, 9.17) is 16.7 Å². The molecule has 108 valence electrons. The molecule has 0 fully saturated rings. The number of hydrogen-bond acceptors (Lipinski definition) is 3. The van der Waals surface area contributed by atoms with Crippen molar-refractivity contribution in [2.75, 3.05) is 24.6 Å². The van der Waals surface area contributed by atoms with Crippen LogP contribution in [0.1, 0.15) is 39.3 Å². The lowest BCUT2D eigenvalue weighted by molar-refractivity contribution is 0.299. The standard InChI is InChI=1S/C15H25ClN2O/c1-5-17-12(4)14-7-6-13(10-15(14)16)18(8-9-19)11(2)3/h6-7,10-12,17,19H,5,8-9H2,1-4H3. The molecule has 0 spiro atoms. The Hall–Kier alpha value is -0.770. The Kier molecular flexibility index (Phi) is 6.63. The van der Waals surface area contributed by atoms with Gasteiger partial charge in [-0.25, -0.2) is 0 Å². The first-order valence-corrected chi connectivity index (χ1v) is 7.29. The van der Waals surface area contributed by atoms with Crippen LogP contribution in [-0.2, 0) is 0 Å². The summed E-state index contributed by atoms with van der Waals surface area (Å²) < 4.78 is 0. The number of nitrogens with one attached hydrogen (secondary N) is 1. The molecule has 0 aliphatic carbocycles. The predicted octanol–water partition coefficient (Wildman–Crippen LogP) is 3.22. The van der Waals surface area contributed by atoms with Gasteiger partial charge in [0.05, 0.1) is 6.61 Å². The van der Waals surface area contributed by atoms with Crippen molar-refractivity contribution in [3.63, 3.8) is 0 Å². The highest BCUT2D eigenvalue weighted by Crippen LogP contribution is 2.28. The molecule has 0 aliphatic heterocycles. The normalized spacial score (nSPS) is 12.8. The third-order valence-corrected chi connectivity index (χ3v) is 3.58. The van der Waals surface area contributed by atoms with E-state index in [1.807, 2.05) is 6.07 Å². The van der Waals surface area contributed by atoms with Gasteiger partial charge in [-0.05, 0) is 45.0 Å². The predicted molar refractivity (Wildman–Crippen MR) is 83.1 cm³/mol. The maximum atomic E-state index is 9.14. The van der Waals surface area contributed by atoms with Crippen LogP contribution in [0.4, 0.5) is 5.69 Å². The minimum Gasteiger partial charge on any atom is -0.395 e. The summed E-state index contributed by atoms with van der Waals surface area (Å²) in [5.41, 5.74) is 2.17. The molecule has 0 bridgehead atoms. The molecule has 1 rings (SSSR count). The van der Waals surface area contributed by atoms with Crippen LogP contribution in [0.15, 0.2) is 18.2 Å². The Morgan fingerprint density at radius 1 is 1.32 bits per heavy atom. The molecule has 0 saturated heterocycles. The fourth-order valence-corrected chi connectivity index (χ4v) is 2.59. The average molecular weight is 285 g/mol. The van der Waals surface area contributed by atoms with Crippen LogP contribution in [0.25, 0.3) is 0 Å². The quantitative estimate of drug-likeness (QED) is 0.807. The number of rotatable bonds is 7. The Morgan fingerprint density at radius 2 is 2.00 bits per heavy atom. The van der Waals surface area contributed by atoms with Crippen molar-refractivity contribution >= 4 is 17.3 Å². The van der Waals surface area contributed by atoms with Gasteiger partial charge in [-0.1, -0.05) is 24.6 Å². The van der Waals surface area contributed by atoms with Crippen LogP contribution in [0, 0.1) is 0 Å². The SMILES string of the molecule is CCNC(C)c1ccc(N(CCO)C(C)C)cc1Cl. The van der Waals surface area contributed by atoms with Crippen LogP contribution in [0.3, 0.4) is 0 Å². The van der Waals surface area contributed by atoms with Crippen LogP contribution in [-0.4, -0.2) is 30.8 Å². The average Bonchev–Trinajstić information content (AvgIpc) is 2.35. The lowest BCUT2D eigenvalue weighted by Gasteiger charge is -2.29. The van der Waals surface area contributed by atoms with Gasteiger partial charge in [-0.2, -0.15) is 0 Å². The fourth-order valence-electron chi connectivity index (χ4n) is 2.26. The molecular formula is C15H25ClN2O. The summed E-state index contributed by atoms with van der Waals surface area (Å²) in [6.45, 7) is 10.1. The van der Waals surface area contributed by atoms with Crippen molar-refractivity contribution in [1.82, 2.24) is 5.32 Å². The molecule has 1 aromatic carbocycles. The van der Waals surface area contributed by atoms with Gasteiger partial charge in [-0.15, -0.1) is 0 Å². The number of anilines is 1. The molecule has 0 saturated carbocycles. The van der Waals surface area contributed by atoms with Crippen LogP contribution in [0.5, 0.6) is 0 Å². The zero-order valence-electron chi connectivity index (χ0n) is 12.3. The van der Waals surface area contributed by atoms with E-state index < -0.39 is 0 Å². The Labute approximate surface area is 121 Å². The Balaban J connectivity index is 2.97. The molecule has 0 radical (unpaired) electrons.